The number of carbonyl (C=O) groups is 1. The summed E-state index contributed by atoms with van der Waals surface area (Å²) in [5.41, 5.74) is 11.5. The highest BCUT2D eigenvalue weighted by molar-refractivity contribution is 7.92. The Hall–Kier alpha value is -2.45. The van der Waals surface area contributed by atoms with Crippen LogP contribution in [0.5, 0.6) is 0 Å². The number of nitrogens with two attached hydrogens (primary N) is 2. The van der Waals surface area contributed by atoms with Gasteiger partial charge in [-0.2, -0.15) is 0 Å². The molecule has 0 aliphatic heterocycles. The highest BCUT2D eigenvalue weighted by atomic mass is 32.2. The van der Waals surface area contributed by atoms with Crippen LogP contribution in [0, 0.1) is 0 Å². The first-order valence-electron chi connectivity index (χ1n) is 6.00. The van der Waals surface area contributed by atoms with Gasteiger partial charge >= 0.3 is 0 Å². The van der Waals surface area contributed by atoms with Crippen LogP contribution in [-0.4, -0.2) is 19.3 Å². The summed E-state index contributed by atoms with van der Waals surface area (Å²) < 4.78 is 27.0. The van der Waals surface area contributed by atoms with Gasteiger partial charge < -0.3 is 11.5 Å². The summed E-state index contributed by atoms with van der Waals surface area (Å²) in [7, 11) is -3.80. The van der Waals surface area contributed by atoms with Gasteiger partial charge in [-0.25, -0.2) is 8.42 Å². The van der Waals surface area contributed by atoms with Crippen molar-refractivity contribution in [3.63, 3.8) is 0 Å². The lowest BCUT2D eigenvalue weighted by molar-refractivity contribution is 0.100. The zero-order valence-electron chi connectivity index (χ0n) is 11.0. The Labute approximate surface area is 122 Å². The van der Waals surface area contributed by atoms with E-state index < -0.39 is 15.9 Å². The highest BCUT2D eigenvalue weighted by Crippen LogP contribution is 2.18. The third kappa shape index (κ3) is 3.36. The highest BCUT2D eigenvalue weighted by Gasteiger charge is 2.18. The first kappa shape index (κ1) is 14.9. The van der Waals surface area contributed by atoms with Crippen molar-refractivity contribution in [1.82, 2.24) is 4.98 Å². The topological polar surface area (TPSA) is 128 Å². The summed E-state index contributed by atoms with van der Waals surface area (Å²) in [4.78, 5) is 14.9. The number of hydrogen-bond donors (Lipinski definition) is 3. The summed E-state index contributed by atoms with van der Waals surface area (Å²) in [6, 6.07) is 8.73. The van der Waals surface area contributed by atoms with Gasteiger partial charge in [-0.05, 0) is 36.4 Å². The van der Waals surface area contributed by atoms with E-state index >= 15 is 0 Å². The van der Waals surface area contributed by atoms with Crippen molar-refractivity contribution in [3.8, 4) is 0 Å². The molecule has 0 unspecified atom stereocenters. The first-order chi connectivity index (χ1) is 9.94. The molecule has 110 valence electrons. The van der Waals surface area contributed by atoms with Gasteiger partial charge in [0.15, 0.2) is 0 Å². The molecule has 0 aliphatic rings. The second kappa shape index (κ2) is 5.90. The third-order valence-corrected chi connectivity index (χ3v) is 4.21. The van der Waals surface area contributed by atoms with Crippen LogP contribution in [-0.2, 0) is 16.6 Å². The van der Waals surface area contributed by atoms with E-state index in [0.29, 0.717) is 11.3 Å². The predicted molar refractivity (Wildman–Crippen MR) is 77.9 cm³/mol. The van der Waals surface area contributed by atoms with E-state index in [4.69, 9.17) is 11.5 Å². The minimum absolute atomic E-state index is 0.0116. The first-order valence-corrected chi connectivity index (χ1v) is 7.49. The fourth-order valence-corrected chi connectivity index (χ4v) is 2.99. The van der Waals surface area contributed by atoms with Gasteiger partial charge in [0.2, 0.25) is 5.91 Å². The van der Waals surface area contributed by atoms with Crippen LogP contribution in [0.25, 0.3) is 0 Å². The number of primary amides is 1. The maximum Gasteiger partial charge on any atom is 0.263 e. The summed E-state index contributed by atoms with van der Waals surface area (Å²) in [6.45, 7) is 0.0116. The number of aromatic nitrogens is 1. The number of rotatable bonds is 5. The number of anilines is 1. The molecule has 0 saturated heterocycles. The quantitative estimate of drug-likeness (QED) is 0.738. The minimum Gasteiger partial charge on any atom is -0.366 e. The molecule has 1 amide bonds. The van der Waals surface area contributed by atoms with Crippen molar-refractivity contribution in [3.05, 3.63) is 53.9 Å². The molecule has 0 spiro atoms. The third-order valence-electron chi connectivity index (χ3n) is 2.75. The predicted octanol–water partition coefficient (Wildman–Crippen LogP) is 0.440. The van der Waals surface area contributed by atoms with E-state index in [-0.39, 0.29) is 17.1 Å². The summed E-state index contributed by atoms with van der Waals surface area (Å²) in [6.07, 6.45) is 1.48. The van der Waals surface area contributed by atoms with E-state index in [1.54, 1.807) is 0 Å². The van der Waals surface area contributed by atoms with Crippen molar-refractivity contribution >= 4 is 21.6 Å². The Morgan fingerprint density at radius 3 is 2.43 bits per heavy atom. The lowest BCUT2D eigenvalue weighted by Gasteiger charge is -2.10. The Bertz CT molecular complexity index is 757. The molecular weight excluding hydrogens is 292 g/mol. The molecule has 0 radical (unpaired) electrons. The van der Waals surface area contributed by atoms with Crippen LogP contribution in [0.3, 0.4) is 0 Å². The molecule has 0 fully saturated rings. The molecule has 7 nitrogen and oxygen atoms in total. The molecule has 0 bridgehead atoms. The monoisotopic (exact) mass is 306 g/mol. The van der Waals surface area contributed by atoms with E-state index in [1.807, 2.05) is 0 Å². The van der Waals surface area contributed by atoms with Gasteiger partial charge in [0.05, 0.1) is 5.69 Å². The summed E-state index contributed by atoms with van der Waals surface area (Å²) in [5.74, 6) is -0.581. The molecule has 8 heteroatoms. The lowest BCUT2D eigenvalue weighted by Crippen LogP contribution is -2.17. The van der Waals surface area contributed by atoms with Crippen LogP contribution >= 0.6 is 0 Å². The molecule has 0 atom stereocenters. The van der Waals surface area contributed by atoms with Gasteiger partial charge in [0, 0.05) is 24.0 Å². The van der Waals surface area contributed by atoms with Crippen LogP contribution in [0.1, 0.15) is 16.1 Å². The molecule has 0 saturated carbocycles. The summed E-state index contributed by atoms with van der Waals surface area (Å²) in [5, 5.41) is 0. The zero-order valence-corrected chi connectivity index (χ0v) is 11.8. The smallest absolute Gasteiger partial charge is 0.263 e. The molecule has 1 heterocycles. The molecule has 1 aromatic heterocycles. The fraction of sp³-hybridized carbons (Fsp3) is 0.0769. The van der Waals surface area contributed by atoms with Gasteiger partial charge in [0.1, 0.15) is 4.90 Å². The van der Waals surface area contributed by atoms with Crippen molar-refractivity contribution in [1.29, 1.82) is 0 Å². The van der Waals surface area contributed by atoms with Crippen LogP contribution in [0.2, 0.25) is 0 Å². The maximum absolute atomic E-state index is 12.3. The van der Waals surface area contributed by atoms with Crippen molar-refractivity contribution in [2.24, 2.45) is 11.5 Å². The number of pyridine rings is 1. The van der Waals surface area contributed by atoms with Gasteiger partial charge in [-0.15, -0.1) is 0 Å². The van der Waals surface area contributed by atoms with E-state index in [1.165, 1.54) is 42.6 Å². The number of benzene rings is 1. The second-order valence-corrected chi connectivity index (χ2v) is 5.85. The number of carbonyl (C=O) groups excluding carboxylic acids is 1. The number of nitrogens with one attached hydrogen (secondary N) is 1. The lowest BCUT2D eigenvalue weighted by atomic mass is 10.2. The molecule has 21 heavy (non-hydrogen) atoms. The molecule has 0 aliphatic carbocycles. The van der Waals surface area contributed by atoms with Crippen LogP contribution in [0.15, 0.2) is 47.5 Å². The maximum atomic E-state index is 12.3. The van der Waals surface area contributed by atoms with E-state index in [9.17, 15) is 13.2 Å². The number of hydrogen-bond acceptors (Lipinski definition) is 5. The largest absolute Gasteiger partial charge is 0.366 e. The summed E-state index contributed by atoms with van der Waals surface area (Å²) >= 11 is 0. The minimum atomic E-state index is -3.80. The molecule has 5 N–H and O–H groups in total. The van der Waals surface area contributed by atoms with Crippen molar-refractivity contribution in [2.75, 3.05) is 4.72 Å². The molecular formula is C13H14N4O3S. The average molecular weight is 306 g/mol. The Morgan fingerprint density at radius 1 is 1.19 bits per heavy atom. The molecule has 2 aromatic rings. The fourth-order valence-electron chi connectivity index (χ4n) is 1.73. The average Bonchev–Trinajstić information content (AvgIpc) is 2.47. The Morgan fingerprint density at radius 2 is 1.86 bits per heavy atom. The Kier molecular flexibility index (Phi) is 4.20. The Balaban J connectivity index is 2.31. The van der Waals surface area contributed by atoms with Crippen LogP contribution < -0.4 is 16.2 Å². The van der Waals surface area contributed by atoms with Crippen molar-refractivity contribution in [2.45, 2.75) is 11.4 Å². The van der Waals surface area contributed by atoms with Gasteiger partial charge in [-0.3, -0.25) is 14.5 Å². The van der Waals surface area contributed by atoms with Gasteiger partial charge in [-0.1, -0.05) is 0 Å². The zero-order chi connectivity index (χ0) is 15.5. The normalized spacial score (nSPS) is 11.1. The van der Waals surface area contributed by atoms with E-state index in [0.717, 1.165) is 0 Å². The van der Waals surface area contributed by atoms with Gasteiger partial charge in [0.25, 0.3) is 10.0 Å². The van der Waals surface area contributed by atoms with Crippen LogP contribution in [0.4, 0.5) is 5.69 Å². The number of amides is 1. The van der Waals surface area contributed by atoms with E-state index in [2.05, 4.69) is 9.71 Å². The second-order valence-electron chi connectivity index (χ2n) is 4.20. The SMILES string of the molecule is NCc1ncccc1S(=O)(=O)Nc1ccc(C(N)=O)cc1. The number of sulfonamides is 1. The standard InChI is InChI=1S/C13H14N4O3S/c14-8-11-12(2-1-7-16-11)21(19,20)17-10-5-3-9(4-6-10)13(15)18/h1-7,17H,8,14H2,(H2,15,18). The number of nitrogens with zero attached hydrogens (tertiary/aromatic N) is 1. The molecule has 2 rings (SSSR count). The van der Waals surface area contributed by atoms with Crippen molar-refractivity contribution < 1.29 is 13.2 Å². The molecule has 1 aromatic carbocycles.